The fraction of sp³-hybridized carbons (Fsp3) is 0.636. The van der Waals surface area contributed by atoms with E-state index in [1.165, 1.54) is 16.8 Å². The zero-order valence-corrected chi connectivity index (χ0v) is 10.6. The molecule has 6 nitrogen and oxygen atoms in total. The molecule has 7 heteroatoms. The van der Waals surface area contributed by atoms with Gasteiger partial charge in [0.25, 0.3) is 5.56 Å². The van der Waals surface area contributed by atoms with Gasteiger partial charge in [-0.1, -0.05) is 0 Å². The van der Waals surface area contributed by atoms with Gasteiger partial charge >= 0.3 is 5.69 Å². The van der Waals surface area contributed by atoms with Crippen molar-refractivity contribution >= 4 is 11.8 Å². The lowest BCUT2D eigenvalue weighted by molar-refractivity contribution is -0.0568. The highest BCUT2D eigenvalue weighted by Gasteiger charge is 2.70. The maximum atomic E-state index is 11.7. The number of aromatic amines is 1. The van der Waals surface area contributed by atoms with Gasteiger partial charge in [0, 0.05) is 30.4 Å². The third-order valence-electron chi connectivity index (χ3n) is 3.74. The zero-order valence-electron chi connectivity index (χ0n) is 9.83. The second kappa shape index (κ2) is 3.97. The highest BCUT2D eigenvalue weighted by Crippen LogP contribution is 2.59. The molecule has 2 fully saturated rings. The first kappa shape index (κ1) is 12.0. The summed E-state index contributed by atoms with van der Waals surface area (Å²) in [5, 5.41) is 9.82. The smallest absolute Gasteiger partial charge is 0.330 e. The van der Waals surface area contributed by atoms with Crippen LogP contribution >= 0.6 is 11.8 Å². The van der Waals surface area contributed by atoms with E-state index in [1.54, 1.807) is 11.8 Å². The molecule has 1 saturated carbocycles. The van der Waals surface area contributed by atoms with E-state index >= 15 is 0 Å². The number of H-pyrrole nitrogens is 1. The molecule has 2 heterocycles. The molecule has 4 atom stereocenters. The van der Waals surface area contributed by atoms with E-state index in [0.717, 1.165) is 0 Å². The Hall–Kier alpha value is -1.05. The number of nitrogens with zero attached hydrogens (tertiary/aromatic N) is 1. The highest BCUT2D eigenvalue weighted by atomic mass is 32.2. The Bertz CT molecular complexity index is 583. The number of hydrogen-bond acceptors (Lipinski definition) is 5. The largest absolute Gasteiger partial charge is 0.390 e. The van der Waals surface area contributed by atoms with Crippen LogP contribution in [0.25, 0.3) is 0 Å². The monoisotopic (exact) mass is 270 g/mol. The molecular formula is C11H14N2O4S. The van der Waals surface area contributed by atoms with Gasteiger partial charge in [-0.25, -0.2) is 4.79 Å². The molecular weight excluding hydrogens is 256 g/mol. The van der Waals surface area contributed by atoms with Crippen molar-refractivity contribution in [1.29, 1.82) is 0 Å². The van der Waals surface area contributed by atoms with Gasteiger partial charge < -0.3 is 9.84 Å². The standard InChI is InChI=1S/C11H14N2O4S/c1-18-5-11-6(9(11)15)4-8(17-11)13-3-2-7(14)12-10(13)16/h2-3,6,8-9,15H,4-5H2,1H3,(H,12,14,16)/t6?,8-,9?,11+/m1/s1. The number of nitrogens with one attached hydrogen (secondary N) is 1. The average Bonchev–Trinajstić information content (AvgIpc) is 2.71. The van der Waals surface area contributed by atoms with Gasteiger partial charge in [-0.15, -0.1) is 0 Å². The Balaban J connectivity index is 1.85. The predicted molar refractivity (Wildman–Crippen MR) is 66.7 cm³/mol. The minimum atomic E-state index is -0.500. The van der Waals surface area contributed by atoms with Crippen LogP contribution in [0.4, 0.5) is 0 Å². The zero-order chi connectivity index (χ0) is 12.9. The maximum Gasteiger partial charge on any atom is 0.330 e. The first-order valence-corrected chi connectivity index (χ1v) is 7.14. The van der Waals surface area contributed by atoms with E-state index in [0.29, 0.717) is 12.2 Å². The molecule has 1 aromatic rings. The van der Waals surface area contributed by atoms with Crippen molar-refractivity contribution in [2.75, 3.05) is 12.0 Å². The number of thioether (sulfide) groups is 1. The Labute approximate surface area is 107 Å². The van der Waals surface area contributed by atoms with Crippen molar-refractivity contribution < 1.29 is 9.84 Å². The summed E-state index contributed by atoms with van der Waals surface area (Å²) in [5.74, 6) is 0.807. The highest BCUT2D eigenvalue weighted by molar-refractivity contribution is 7.98. The number of ether oxygens (including phenoxy) is 1. The van der Waals surface area contributed by atoms with E-state index < -0.39 is 29.2 Å². The molecule has 1 aromatic heterocycles. The van der Waals surface area contributed by atoms with Crippen LogP contribution in [-0.4, -0.2) is 38.4 Å². The topological polar surface area (TPSA) is 84.3 Å². The van der Waals surface area contributed by atoms with E-state index in [-0.39, 0.29) is 5.92 Å². The quantitative estimate of drug-likeness (QED) is 0.777. The van der Waals surface area contributed by atoms with Gasteiger partial charge in [0.15, 0.2) is 0 Å². The summed E-state index contributed by atoms with van der Waals surface area (Å²) in [6, 6.07) is 1.30. The normalized spacial score (nSPS) is 37.6. The molecule has 1 aliphatic carbocycles. The minimum Gasteiger partial charge on any atom is -0.390 e. The summed E-state index contributed by atoms with van der Waals surface area (Å²) in [6.07, 6.45) is 3.18. The number of rotatable bonds is 3. The molecule has 1 saturated heterocycles. The van der Waals surface area contributed by atoms with E-state index in [4.69, 9.17) is 4.74 Å². The van der Waals surface area contributed by atoms with E-state index in [2.05, 4.69) is 4.98 Å². The van der Waals surface area contributed by atoms with Gasteiger partial charge in [-0.05, 0) is 6.26 Å². The molecule has 1 aliphatic heterocycles. The number of fused-ring (bicyclic) bond motifs is 1. The maximum absolute atomic E-state index is 11.7. The van der Waals surface area contributed by atoms with Gasteiger partial charge in [0.2, 0.25) is 0 Å². The third-order valence-corrected chi connectivity index (χ3v) is 4.48. The summed E-state index contributed by atoms with van der Waals surface area (Å²) < 4.78 is 7.23. The fourth-order valence-corrected chi connectivity index (χ4v) is 3.66. The molecule has 0 amide bonds. The Morgan fingerprint density at radius 1 is 1.67 bits per heavy atom. The predicted octanol–water partition coefficient (Wildman–Crippen LogP) is -0.452. The van der Waals surface area contributed by atoms with Crippen LogP contribution in [-0.2, 0) is 4.74 Å². The molecule has 2 N–H and O–H groups in total. The fourth-order valence-electron chi connectivity index (χ4n) is 2.75. The summed E-state index contributed by atoms with van der Waals surface area (Å²) in [4.78, 5) is 24.9. The molecule has 98 valence electrons. The van der Waals surface area contributed by atoms with Crippen molar-refractivity contribution in [3.63, 3.8) is 0 Å². The summed E-state index contributed by atoms with van der Waals surface area (Å²) in [7, 11) is 0. The van der Waals surface area contributed by atoms with Crippen LogP contribution in [0, 0.1) is 5.92 Å². The number of hydrogen-bond donors (Lipinski definition) is 2. The molecule has 18 heavy (non-hydrogen) atoms. The van der Waals surface area contributed by atoms with Crippen LogP contribution in [0.2, 0.25) is 0 Å². The van der Waals surface area contributed by atoms with Gasteiger partial charge in [-0.3, -0.25) is 14.3 Å². The van der Waals surface area contributed by atoms with E-state index in [9.17, 15) is 14.7 Å². The molecule has 0 bridgehead atoms. The molecule has 0 spiro atoms. The number of aliphatic hydroxyl groups is 1. The van der Waals surface area contributed by atoms with Crippen LogP contribution in [0.15, 0.2) is 21.9 Å². The number of aromatic nitrogens is 2. The molecule has 0 aromatic carbocycles. The Morgan fingerprint density at radius 3 is 3.11 bits per heavy atom. The summed E-state index contributed by atoms with van der Waals surface area (Å²) in [6.45, 7) is 0. The van der Waals surface area contributed by atoms with Gasteiger partial charge in [0.05, 0.1) is 6.10 Å². The molecule has 0 radical (unpaired) electrons. The first-order valence-electron chi connectivity index (χ1n) is 5.75. The lowest BCUT2D eigenvalue weighted by Gasteiger charge is -2.20. The van der Waals surface area contributed by atoms with E-state index in [1.807, 2.05) is 6.26 Å². The van der Waals surface area contributed by atoms with Gasteiger partial charge in [0.1, 0.15) is 11.8 Å². The van der Waals surface area contributed by atoms with Crippen molar-refractivity contribution in [2.45, 2.75) is 24.4 Å². The van der Waals surface area contributed by atoms with Crippen molar-refractivity contribution in [3.05, 3.63) is 33.1 Å². The lowest BCUT2D eigenvalue weighted by Crippen LogP contribution is -2.34. The molecule has 2 aliphatic rings. The Morgan fingerprint density at radius 2 is 2.44 bits per heavy atom. The second-order valence-electron chi connectivity index (χ2n) is 4.76. The summed E-state index contributed by atoms with van der Waals surface area (Å²) in [5.41, 5.74) is -1.39. The Kier molecular flexibility index (Phi) is 2.65. The summed E-state index contributed by atoms with van der Waals surface area (Å²) >= 11 is 1.62. The SMILES string of the molecule is CSC[C@]12O[C@@H](n3ccc(=O)[nH]c3=O)CC1C2O. The average molecular weight is 270 g/mol. The third kappa shape index (κ3) is 1.58. The first-order chi connectivity index (χ1) is 8.58. The molecule has 3 rings (SSSR count). The second-order valence-corrected chi connectivity index (χ2v) is 5.63. The molecule has 2 unspecified atom stereocenters. The minimum absolute atomic E-state index is 0.0915. The van der Waals surface area contributed by atoms with Crippen molar-refractivity contribution in [1.82, 2.24) is 9.55 Å². The van der Waals surface area contributed by atoms with Crippen molar-refractivity contribution in [3.8, 4) is 0 Å². The van der Waals surface area contributed by atoms with Gasteiger partial charge in [-0.2, -0.15) is 11.8 Å². The van der Waals surface area contributed by atoms with Crippen LogP contribution in [0.3, 0.4) is 0 Å². The van der Waals surface area contributed by atoms with Crippen molar-refractivity contribution in [2.24, 2.45) is 5.92 Å². The lowest BCUT2D eigenvalue weighted by atomic mass is 10.2. The van der Waals surface area contributed by atoms with Crippen LogP contribution in [0.5, 0.6) is 0 Å². The van der Waals surface area contributed by atoms with Crippen LogP contribution < -0.4 is 11.2 Å². The van der Waals surface area contributed by atoms with Crippen LogP contribution in [0.1, 0.15) is 12.6 Å². The number of aliphatic hydroxyl groups excluding tert-OH is 1.